The van der Waals surface area contributed by atoms with E-state index in [-0.39, 0.29) is 24.3 Å². The highest BCUT2D eigenvalue weighted by Crippen LogP contribution is 2.44. The molecule has 4 heteroatoms. The molecule has 2 aromatic rings. The highest BCUT2D eigenvalue weighted by molar-refractivity contribution is 6.16. The van der Waals surface area contributed by atoms with Crippen molar-refractivity contribution in [2.45, 2.75) is 32.0 Å². The monoisotopic (exact) mass is 372 g/mol. The van der Waals surface area contributed by atoms with Crippen LogP contribution in [0, 0.1) is 0 Å². The van der Waals surface area contributed by atoms with Crippen LogP contribution in [0.2, 0.25) is 0 Å². The van der Waals surface area contributed by atoms with Crippen molar-refractivity contribution in [3.8, 4) is 0 Å². The lowest BCUT2D eigenvalue weighted by Gasteiger charge is -2.34. The fraction of sp³-hybridized carbons (Fsp3) is 0.250. The Morgan fingerprint density at radius 2 is 1.93 bits per heavy atom. The van der Waals surface area contributed by atoms with Crippen LogP contribution >= 0.6 is 0 Å². The van der Waals surface area contributed by atoms with Crippen LogP contribution in [-0.4, -0.2) is 29.9 Å². The first-order valence-corrected chi connectivity index (χ1v) is 9.50. The van der Waals surface area contributed by atoms with Gasteiger partial charge in [0.05, 0.1) is 24.5 Å². The molecule has 2 atom stereocenters. The van der Waals surface area contributed by atoms with Gasteiger partial charge in [0, 0.05) is 23.1 Å². The molecule has 2 aromatic carbocycles. The number of benzene rings is 2. The Morgan fingerprint density at radius 3 is 2.75 bits per heavy atom. The second kappa shape index (κ2) is 6.01. The summed E-state index contributed by atoms with van der Waals surface area (Å²) in [6, 6.07) is 13.6. The smallest absolute Gasteiger partial charge is 0.202 e. The highest BCUT2D eigenvalue weighted by atomic mass is 16.5. The zero-order valence-corrected chi connectivity index (χ0v) is 15.8. The van der Waals surface area contributed by atoms with E-state index in [9.17, 15) is 9.59 Å². The molecule has 28 heavy (non-hydrogen) atoms. The number of Topliss-reactive ketones (excluding diaryl/α,β-unsaturated/α-hetero) is 2. The summed E-state index contributed by atoms with van der Waals surface area (Å²) in [5, 5.41) is 2.10. The van der Waals surface area contributed by atoms with Gasteiger partial charge in [-0.25, -0.2) is 0 Å². The summed E-state index contributed by atoms with van der Waals surface area (Å²) in [4.78, 5) is 26.4. The molecule has 0 aromatic heterocycles. The molecule has 140 valence electrons. The molecule has 0 amide bonds. The standard InChI is InChI=1S/C24H20O4/c1-14-9-18-11-21-20(13-28-24(21,2)23(26)19(18)12-27-14)22(25)17-8-7-15-5-3-4-6-16(15)10-17/h3-8,10-12,14H,9,13H2,1-2H3. The summed E-state index contributed by atoms with van der Waals surface area (Å²) in [5.41, 5.74) is 2.23. The molecule has 0 saturated carbocycles. The summed E-state index contributed by atoms with van der Waals surface area (Å²) in [6.07, 6.45) is 4.16. The predicted octanol–water partition coefficient (Wildman–Crippen LogP) is 4.31. The highest BCUT2D eigenvalue weighted by Gasteiger charge is 2.50. The number of rotatable bonds is 2. The first kappa shape index (κ1) is 17.1. The van der Waals surface area contributed by atoms with Crippen molar-refractivity contribution < 1.29 is 19.1 Å². The maximum absolute atomic E-state index is 13.3. The zero-order valence-electron chi connectivity index (χ0n) is 15.8. The first-order chi connectivity index (χ1) is 13.5. The van der Waals surface area contributed by atoms with E-state index in [1.165, 1.54) is 6.26 Å². The van der Waals surface area contributed by atoms with Gasteiger partial charge >= 0.3 is 0 Å². The summed E-state index contributed by atoms with van der Waals surface area (Å²) in [6.45, 7) is 3.85. The summed E-state index contributed by atoms with van der Waals surface area (Å²) in [7, 11) is 0. The molecule has 4 nitrogen and oxygen atoms in total. The molecule has 0 fully saturated rings. The van der Waals surface area contributed by atoms with Gasteiger partial charge in [0.2, 0.25) is 5.78 Å². The fourth-order valence-corrected chi connectivity index (χ4v) is 4.26. The molecule has 2 unspecified atom stereocenters. The number of carbonyl (C=O) groups excluding carboxylic acids is 2. The van der Waals surface area contributed by atoms with Gasteiger partial charge in [-0.15, -0.1) is 0 Å². The third-order valence-electron chi connectivity index (χ3n) is 5.90. The molecule has 0 spiro atoms. The van der Waals surface area contributed by atoms with Crippen molar-refractivity contribution in [3.63, 3.8) is 0 Å². The van der Waals surface area contributed by atoms with Crippen molar-refractivity contribution in [1.82, 2.24) is 0 Å². The number of ketones is 2. The summed E-state index contributed by atoms with van der Waals surface area (Å²) in [5.74, 6) is -0.213. The van der Waals surface area contributed by atoms with E-state index in [2.05, 4.69) is 0 Å². The molecule has 0 N–H and O–H groups in total. The van der Waals surface area contributed by atoms with Crippen LogP contribution in [-0.2, 0) is 14.3 Å². The second-order valence-electron chi connectivity index (χ2n) is 7.79. The molecule has 5 rings (SSSR count). The Morgan fingerprint density at radius 1 is 1.14 bits per heavy atom. The van der Waals surface area contributed by atoms with Gasteiger partial charge in [-0.2, -0.15) is 0 Å². The van der Waals surface area contributed by atoms with Gasteiger partial charge in [0.25, 0.3) is 0 Å². The van der Waals surface area contributed by atoms with Gasteiger partial charge in [0.15, 0.2) is 11.4 Å². The fourth-order valence-electron chi connectivity index (χ4n) is 4.26. The van der Waals surface area contributed by atoms with Crippen LogP contribution in [0.3, 0.4) is 0 Å². The topological polar surface area (TPSA) is 52.6 Å². The Labute approximate surface area is 163 Å². The number of fused-ring (bicyclic) bond motifs is 3. The maximum Gasteiger partial charge on any atom is 0.202 e. The van der Waals surface area contributed by atoms with Gasteiger partial charge in [0.1, 0.15) is 0 Å². The van der Waals surface area contributed by atoms with Crippen LogP contribution in [0.1, 0.15) is 30.6 Å². The van der Waals surface area contributed by atoms with E-state index in [0.717, 1.165) is 16.3 Å². The van der Waals surface area contributed by atoms with Gasteiger partial charge in [-0.05, 0) is 36.3 Å². The average molecular weight is 372 g/mol. The third-order valence-corrected chi connectivity index (χ3v) is 5.90. The molecule has 2 aliphatic heterocycles. The minimum Gasteiger partial charge on any atom is -0.497 e. The minimum absolute atomic E-state index is 0.00900. The second-order valence-corrected chi connectivity index (χ2v) is 7.79. The minimum atomic E-state index is -1.12. The molecule has 1 aliphatic carbocycles. The Hall–Kier alpha value is -2.98. The third kappa shape index (κ3) is 2.41. The first-order valence-electron chi connectivity index (χ1n) is 9.50. The molecular formula is C24H20O4. The maximum atomic E-state index is 13.3. The van der Waals surface area contributed by atoms with Crippen molar-refractivity contribution in [3.05, 3.63) is 82.7 Å². The number of hydrogen-bond donors (Lipinski definition) is 0. The lowest BCUT2D eigenvalue weighted by atomic mass is 9.75. The van der Waals surface area contributed by atoms with E-state index < -0.39 is 5.60 Å². The van der Waals surface area contributed by atoms with E-state index in [1.807, 2.05) is 55.5 Å². The lowest BCUT2D eigenvalue weighted by Crippen LogP contribution is -2.42. The van der Waals surface area contributed by atoms with Crippen molar-refractivity contribution in [2.75, 3.05) is 6.61 Å². The van der Waals surface area contributed by atoms with E-state index in [1.54, 1.807) is 6.92 Å². The van der Waals surface area contributed by atoms with Crippen molar-refractivity contribution >= 4 is 22.3 Å². The number of carbonyl (C=O) groups is 2. The zero-order chi connectivity index (χ0) is 19.5. The van der Waals surface area contributed by atoms with E-state index in [0.29, 0.717) is 28.7 Å². The largest absolute Gasteiger partial charge is 0.497 e. The molecule has 0 bridgehead atoms. The van der Waals surface area contributed by atoms with Gasteiger partial charge in [-0.3, -0.25) is 9.59 Å². The van der Waals surface area contributed by atoms with Gasteiger partial charge < -0.3 is 9.47 Å². The molecular weight excluding hydrogens is 352 g/mol. The molecule has 3 aliphatic rings. The van der Waals surface area contributed by atoms with E-state index in [4.69, 9.17) is 9.47 Å². The molecule has 2 heterocycles. The predicted molar refractivity (Wildman–Crippen MR) is 106 cm³/mol. The van der Waals surface area contributed by atoms with Gasteiger partial charge in [-0.1, -0.05) is 42.5 Å². The Kier molecular flexibility index (Phi) is 3.68. The van der Waals surface area contributed by atoms with Crippen molar-refractivity contribution in [1.29, 1.82) is 0 Å². The Balaban J connectivity index is 1.62. The molecule has 0 radical (unpaired) electrons. The van der Waals surface area contributed by atoms with E-state index >= 15 is 0 Å². The normalized spacial score (nSPS) is 26.4. The average Bonchev–Trinajstić information content (AvgIpc) is 3.05. The number of ether oxygens (including phenoxy) is 2. The van der Waals surface area contributed by atoms with Crippen LogP contribution in [0.15, 0.2) is 77.1 Å². The van der Waals surface area contributed by atoms with Crippen LogP contribution < -0.4 is 0 Å². The summed E-state index contributed by atoms with van der Waals surface area (Å²) >= 11 is 0. The van der Waals surface area contributed by atoms with Crippen LogP contribution in [0.4, 0.5) is 0 Å². The Bertz CT molecular complexity index is 1130. The SMILES string of the molecule is CC1CC2=CC3=C(C(=O)c4ccc5ccccc5c4)COC3(C)C(=O)C2=CO1. The van der Waals surface area contributed by atoms with Crippen molar-refractivity contribution in [2.24, 2.45) is 0 Å². The number of hydrogen-bond acceptors (Lipinski definition) is 4. The quantitative estimate of drug-likeness (QED) is 0.737. The lowest BCUT2D eigenvalue weighted by molar-refractivity contribution is -0.131. The molecule has 0 saturated heterocycles. The van der Waals surface area contributed by atoms with Crippen LogP contribution in [0.25, 0.3) is 10.8 Å². The van der Waals surface area contributed by atoms with Crippen LogP contribution in [0.5, 0.6) is 0 Å². The summed E-state index contributed by atoms with van der Waals surface area (Å²) < 4.78 is 11.4.